The van der Waals surface area contributed by atoms with Crippen LogP contribution in [0.2, 0.25) is 0 Å². The summed E-state index contributed by atoms with van der Waals surface area (Å²) >= 11 is 1.22. The van der Waals surface area contributed by atoms with Crippen molar-refractivity contribution in [3.63, 3.8) is 0 Å². The number of hydrogen-bond donors (Lipinski definition) is 1. The van der Waals surface area contributed by atoms with Gasteiger partial charge >= 0.3 is 0 Å². The third kappa shape index (κ3) is 3.71. The maximum atomic E-state index is 13.9. The van der Waals surface area contributed by atoms with Gasteiger partial charge in [-0.15, -0.1) is 10.2 Å². The summed E-state index contributed by atoms with van der Waals surface area (Å²) < 4.78 is 20.5. The fourth-order valence-corrected chi connectivity index (χ4v) is 2.97. The standard InChI is InChI=1S/C16H16FN5O2S/c1-9-8-13(21-24-9)18-15(23)10(2)25-16-20-19-14(22(16)3)11-6-4-5-7-12(11)17/h4-8,10H,1-3H3,(H,18,21,23). The highest BCUT2D eigenvalue weighted by molar-refractivity contribution is 8.00. The van der Waals surface area contributed by atoms with Crippen LogP contribution in [0, 0.1) is 12.7 Å². The van der Waals surface area contributed by atoms with Crippen molar-refractivity contribution in [1.29, 1.82) is 0 Å². The Balaban J connectivity index is 1.73. The van der Waals surface area contributed by atoms with E-state index in [-0.39, 0.29) is 11.7 Å². The van der Waals surface area contributed by atoms with E-state index in [1.165, 1.54) is 17.8 Å². The second-order valence-electron chi connectivity index (χ2n) is 5.42. The zero-order valence-electron chi connectivity index (χ0n) is 13.9. The second-order valence-corrected chi connectivity index (χ2v) is 6.73. The predicted octanol–water partition coefficient (Wildman–Crippen LogP) is 3.04. The van der Waals surface area contributed by atoms with Crippen LogP contribution in [0.1, 0.15) is 12.7 Å². The number of halogens is 1. The molecular formula is C16H16FN5O2S. The molecule has 0 bridgehead atoms. The molecule has 25 heavy (non-hydrogen) atoms. The van der Waals surface area contributed by atoms with Crippen LogP contribution in [0.4, 0.5) is 10.2 Å². The SMILES string of the molecule is Cc1cc(NC(=O)C(C)Sc2nnc(-c3ccccc3F)n2C)no1. The van der Waals surface area contributed by atoms with Gasteiger partial charge in [-0.05, 0) is 26.0 Å². The lowest BCUT2D eigenvalue weighted by Crippen LogP contribution is -2.23. The van der Waals surface area contributed by atoms with E-state index in [2.05, 4.69) is 20.7 Å². The molecule has 1 atom stereocenters. The van der Waals surface area contributed by atoms with E-state index in [0.717, 1.165) is 0 Å². The van der Waals surface area contributed by atoms with Gasteiger partial charge < -0.3 is 14.4 Å². The van der Waals surface area contributed by atoms with E-state index in [1.807, 2.05) is 0 Å². The topological polar surface area (TPSA) is 85.8 Å². The summed E-state index contributed by atoms with van der Waals surface area (Å²) in [5, 5.41) is 14.6. The highest BCUT2D eigenvalue weighted by Gasteiger charge is 2.21. The highest BCUT2D eigenvalue weighted by Crippen LogP contribution is 2.27. The van der Waals surface area contributed by atoms with Gasteiger partial charge in [0.2, 0.25) is 5.91 Å². The van der Waals surface area contributed by atoms with Crippen molar-refractivity contribution < 1.29 is 13.7 Å². The predicted molar refractivity (Wildman–Crippen MR) is 91.6 cm³/mol. The number of carbonyl (C=O) groups excluding carboxylic acids is 1. The fraction of sp³-hybridized carbons (Fsp3) is 0.250. The quantitative estimate of drug-likeness (QED) is 0.703. The Kier molecular flexibility index (Phi) is 4.84. The lowest BCUT2D eigenvalue weighted by molar-refractivity contribution is -0.115. The summed E-state index contributed by atoms with van der Waals surface area (Å²) in [7, 11) is 1.73. The van der Waals surface area contributed by atoms with Crippen LogP contribution in [-0.4, -0.2) is 31.1 Å². The molecule has 1 amide bonds. The van der Waals surface area contributed by atoms with Gasteiger partial charge in [-0.3, -0.25) is 4.79 Å². The maximum Gasteiger partial charge on any atom is 0.238 e. The van der Waals surface area contributed by atoms with Crippen molar-refractivity contribution in [2.75, 3.05) is 5.32 Å². The Labute approximate surface area is 147 Å². The van der Waals surface area contributed by atoms with E-state index in [9.17, 15) is 9.18 Å². The molecular weight excluding hydrogens is 345 g/mol. The molecule has 0 saturated carbocycles. The zero-order chi connectivity index (χ0) is 18.0. The van der Waals surface area contributed by atoms with Gasteiger partial charge in [-0.2, -0.15) is 0 Å². The van der Waals surface area contributed by atoms with Crippen molar-refractivity contribution in [1.82, 2.24) is 19.9 Å². The number of nitrogens with zero attached hydrogens (tertiary/aromatic N) is 4. The van der Waals surface area contributed by atoms with Crippen molar-refractivity contribution in [2.45, 2.75) is 24.3 Å². The van der Waals surface area contributed by atoms with Gasteiger partial charge in [-0.1, -0.05) is 29.1 Å². The minimum absolute atomic E-state index is 0.242. The molecule has 1 N–H and O–H groups in total. The van der Waals surface area contributed by atoms with Crippen molar-refractivity contribution in [3.05, 3.63) is 41.9 Å². The summed E-state index contributed by atoms with van der Waals surface area (Å²) in [5.74, 6) is 0.759. The third-order valence-electron chi connectivity index (χ3n) is 3.48. The average Bonchev–Trinajstić information content (AvgIpc) is 3.14. The van der Waals surface area contributed by atoms with E-state index < -0.39 is 5.25 Å². The molecule has 0 aliphatic carbocycles. The molecule has 7 nitrogen and oxygen atoms in total. The van der Waals surface area contributed by atoms with E-state index >= 15 is 0 Å². The first-order valence-corrected chi connectivity index (χ1v) is 8.39. The number of benzene rings is 1. The first-order valence-electron chi connectivity index (χ1n) is 7.51. The molecule has 2 heterocycles. The molecule has 0 radical (unpaired) electrons. The van der Waals surface area contributed by atoms with Crippen LogP contribution in [-0.2, 0) is 11.8 Å². The smallest absolute Gasteiger partial charge is 0.238 e. The van der Waals surface area contributed by atoms with E-state index in [0.29, 0.717) is 28.1 Å². The average molecular weight is 361 g/mol. The lowest BCUT2D eigenvalue weighted by Gasteiger charge is -2.10. The number of nitrogens with one attached hydrogen (secondary N) is 1. The Bertz CT molecular complexity index is 908. The number of carbonyl (C=O) groups is 1. The molecule has 0 aliphatic rings. The minimum atomic E-state index is -0.451. The summed E-state index contributed by atoms with van der Waals surface area (Å²) in [4.78, 5) is 12.2. The minimum Gasteiger partial charge on any atom is -0.360 e. The first kappa shape index (κ1) is 17.2. The molecule has 1 aromatic carbocycles. The van der Waals surface area contributed by atoms with E-state index in [4.69, 9.17) is 4.52 Å². The van der Waals surface area contributed by atoms with Crippen LogP contribution in [0.15, 0.2) is 40.0 Å². The number of anilines is 1. The molecule has 0 aliphatic heterocycles. The third-order valence-corrected chi connectivity index (χ3v) is 4.61. The van der Waals surface area contributed by atoms with Crippen LogP contribution < -0.4 is 5.32 Å². The van der Waals surface area contributed by atoms with Gasteiger partial charge in [0.1, 0.15) is 11.6 Å². The zero-order valence-corrected chi connectivity index (χ0v) is 14.7. The van der Waals surface area contributed by atoms with Crippen LogP contribution in [0.25, 0.3) is 11.4 Å². The molecule has 0 saturated heterocycles. The summed E-state index contributed by atoms with van der Waals surface area (Å²) in [5.41, 5.74) is 0.361. The van der Waals surface area contributed by atoms with Crippen LogP contribution >= 0.6 is 11.8 Å². The number of aryl methyl sites for hydroxylation is 1. The van der Waals surface area contributed by atoms with Crippen LogP contribution in [0.5, 0.6) is 0 Å². The molecule has 0 spiro atoms. The lowest BCUT2D eigenvalue weighted by atomic mass is 10.2. The fourth-order valence-electron chi connectivity index (χ4n) is 2.16. The molecule has 2 aromatic heterocycles. The summed E-state index contributed by atoms with van der Waals surface area (Å²) in [6.07, 6.45) is 0. The molecule has 9 heteroatoms. The molecule has 130 valence electrons. The highest BCUT2D eigenvalue weighted by atomic mass is 32.2. The number of amides is 1. The van der Waals surface area contributed by atoms with Crippen LogP contribution in [0.3, 0.4) is 0 Å². The summed E-state index contributed by atoms with van der Waals surface area (Å²) in [6.45, 7) is 3.48. The maximum absolute atomic E-state index is 13.9. The largest absolute Gasteiger partial charge is 0.360 e. The Morgan fingerprint density at radius 1 is 1.36 bits per heavy atom. The monoisotopic (exact) mass is 361 g/mol. The van der Waals surface area contributed by atoms with Gasteiger partial charge in [0, 0.05) is 13.1 Å². The Hall–Kier alpha value is -2.68. The van der Waals surface area contributed by atoms with Crippen molar-refractivity contribution in [2.24, 2.45) is 7.05 Å². The summed E-state index contributed by atoms with van der Waals surface area (Å²) in [6, 6.07) is 7.98. The van der Waals surface area contributed by atoms with Gasteiger partial charge in [0.15, 0.2) is 16.8 Å². The normalized spacial score (nSPS) is 12.2. The first-order chi connectivity index (χ1) is 12.0. The number of aromatic nitrogens is 4. The van der Waals surface area contributed by atoms with Gasteiger partial charge in [0.05, 0.1) is 10.8 Å². The Morgan fingerprint density at radius 3 is 2.80 bits per heavy atom. The molecule has 1 unspecified atom stereocenters. The number of thioether (sulfide) groups is 1. The van der Waals surface area contributed by atoms with Gasteiger partial charge in [0.25, 0.3) is 0 Å². The molecule has 0 fully saturated rings. The number of hydrogen-bond acceptors (Lipinski definition) is 6. The van der Waals surface area contributed by atoms with Gasteiger partial charge in [-0.25, -0.2) is 4.39 Å². The van der Waals surface area contributed by atoms with Crippen molar-refractivity contribution in [3.8, 4) is 11.4 Å². The Morgan fingerprint density at radius 2 is 2.12 bits per heavy atom. The van der Waals surface area contributed by atoms with Crippen molar-refractivity contribution >= 4 is 23.5 Å². The van der Waals surface area contributed by atoms with E-state index in [1.54, 1.807) is 49.7 Å². The molecule has 3 rings (SSSR count). The molecule has 3 aromatic rings. The second kappa shape index (κ2) is 7.06. The number of rotatable bonds is 5.